The van der Waals surface area contributed by atoms with Gasteiger partial charge in [0.15, 0.2) is 11.3 Å². The van der Waals surface area contributed by atoms with Crippen molar-refractivity contribution < 1.29 is 9.15 Å². The number of furan rings is 1. The lowest BCUT2D eigenvalue weighted by atomic mass is 9.75. The Morgan fingerprint density at radius 2 is 1.51 bits per heavy atom. The summed E-state index contributed by atoms with van der Waals surface area (Å²) in [6, 6.07) is 30.2. The van der Waals surface area contributed by atoms with E-state index in [0.29, 0.717) is 0 Å². The molecule has 0 saturated heterocycles. The van der Waals surface area contributed by atoms with E-state index in [-0.39, 0.29) is 5.41 Å². The molecule has 0 atom stereocenters. The zero-order valence-electron chi connectivity index (χ0n) is 21.6. The highest BCUT2D eigenvalue weighted by Gasteiger charge is 2.36. The number of fused-ring (bicyclic) bond motifs is 7. The average Bonchev–Trinajstić information content (AvgIpc) is 3.29. The van der Waals surface area contributed by atoms with Crippen molar-refractivity contribution in [2.75, 3.05) is 0 Å². The topological polar surface area (TPSA) is 22.4 Å². The standard InChI is InChI=1S/C35H28O2/c1-5-10-25-21(2)24-12-7-6-11-22(24)19-28(25)23-15-17-29-32(20-23)37-34-30(35(29,3)4)18-16-27-26-13-8-9-14-31(26)36-33(27)34/h5-20H,1-4H3/b10-5-. The molecule has 2 heterocycles. The third-order valence-electron chi connectivity index (χ3n) is 8.04. The summed E-state index contributed by atoms with van der Waals surface area (Å²) in [5.74, 6) is 1.71. The maximum atomic E-state index is 6.72. The number of rotatable bonds is 2. The van der Waals surface area contributed by atoms with Crippen molar-refractivity contribution >= 4 is 38.8 Å². The van der Waals surface area contributed by atoms with Crippen LogP contribution in [0.5, 0.6) is 11.5 Å². The third kappa shape index (κ3) is 3.12. The second-order valence-electron chi connectivity index (χ2n) is 10.5. The Labute approximate surface area is 216 Å². The summed E-state index contributed by atoms with van der Waals surface area (Å²) >= 11 is 0. The fourth-order valence-electron chi connectivity index (χ4n) is 6.07. The van der Waals surface area contributed by atoms with E-state index < -0.39 is 0 Å². The van der Waals surface area contributed by atoms with Crippen LogP contribution in [0.4, 0.5) is 0 Å². The van der Waals surface area contributed by atoms with Crippen molar-refractivity contribution in [3.8, 4) is 22.6 Å². The van der Waals surface area contributed by atoms with Gasteiger partial charge in [0.05, 0.1) is 0 Å². The molecule has 1 aliphatic heterocycles. The molecule has 0 radical (unpaired) electrons. The van der Waals surface area contributed by atoms with E-state index in [2.05, 4.69) is 113 Å². The molecule has 2 heteroatoms. The van der Waals surface area contributed by atoms with Gasteiger partial charge in [0.2, 0.25) is 0 Å². The molecule has 0 saturated carbocycles. The summed E-state index contributed by atoms with van der Waals surface area (Å²) < 4.78 is 13.1. The average molecular weight is 481 g/mol. The first-order chi connectivity index (χ1) is 18.0. The summed E-state index contributed by atoms with van der Waals surface area (Å²) in [4.78, 5) is 0. The van der Waals surface area contributed by atoms with Crippen LogP contribution in [-0.2, 0) is 5.41 Å². The molecule has 180 valence electrons. The molecule has 0 bridgehead atoms. The summed E-state index contributed by atoms with van der Waals surface area (Å²) in [5.41, 5.74) is 8.71. The molecule has 0 fully saturated rings. The quantitative estimate of drug-likeness (QED) is 0.246. The molecule has 1 aliphatic rings. The van der Waals surface area contributed by atoms with Crippen molar-refractivity contribution in [3.05, 3.63) is 113 Å². The van der Waals surface area contributed by atoms with E-state index in [1.807, 2.05) is 12.1 Å². The fraction of sp³-hybridized carbons (Fsp3) is 0.143. The Kier molecular flexibility index (Phi) is 4.65. The molecule has 0 unspecified atom stereocenters. The van der Waals surface area contributed by atoms with Gasteiger partial charge >= 0.3 is 0 Å². The van der Waals surface area contributed by atoms with Crippen LogP contribution in [0.1, 0.15) is 43.0 Å². The van der Waals surface area contributed by atoms with Gasteiger partial charge in [-0.15, -0.1) is 0 Å². The first kappa shape index (κ1) is 21.9. The molecule has 0 amide bonds. The number of allylic oxidation sites excluding steroid dienone is 1. The normalized spacial score (nSPS) is 14.3. The van der Waals surface area contributed by atoms with Gasteiger partial charge in [-0.1, -0.05) is 86.7 Å². The lowest BCUT2D eigenvalue weighted by Gasteiger charge is -2.34. The van der Waals surface area contributed by atoms with Gasteiger partial charge in [0.25, 0.3) is 0 Å². The predicted molar refractivity (Wildman–Crippen MR) is 155 cm³/mol. The maximum absolute atomic E-state index is 6.72. The lowest BCUT2D eigenvalue weighted by molar-refractivity contribution is 0.415. The zero-order chi connectivity index (χ0) is 25.3. The largest absolute Gasteiger partial charge is 0.453 e. The highest BCUT2D eigenvalue weighted by atomic mass is 16.5. The Balaban J connectivity index is 1.45. The molecule has 37 heavy (non-hydrogen) atoms. The summed E-state index contributed by atoms with van der Waals surface area (Å²) in [7, 11) is 0. The predicted octanol–water partition coefficient (Wildman–Crippen LogP) is 10.2. The molecule has 6 aromatic rings. The number of hydrogen-bond acceptors (Lipinski definition) is 2. The highest BCUT2D eigenvalue weighted by molar-refractivity contribution is 6.07. The van der Waals surface area contributed by atoms with Crippen LogP contribution in [0.3, 0.4) is 0 Å². The number of ether oxygens (including phenoxy) is 1. The summed E-state index contributed by atoms with van der Waals surface area (Å²) in [6.45, 7) is 8.83. The Morgan fingerprint density at radius 1 is 0.757 bits per heavy atom. The van der Waals surface area contributed by atoms with Gasteiger partial charge in [0.1, 0.15) is 11.3 Å². The summed E-state index contributed by atoms with van der Waals surface area (Å²) in [5, 5.41) is 4.74. The summed E-state index contributed by atoms with van der Waals surface area (Å²) in [6.07, 6.45) is 4.34. The van der Waals surface area contributed by atoms with Crippen LogP contribution in [0.15, 0.2) is 95.4 Å². The second kappa shape index (κ2) is 7.85. The highest BCUT2D eigenvalue weighted by Crippen LogP contribution is 2.52. The zero-order valence-corrected chi connectivity index (χ0v) is 21.6. The van der Waals surface area contributed by atoms with Gasteiger partial charge in [0, 0.05) is 27.3 Å². The van der Waals surface area contributed by atoms with Gasteiger partial charge in [-0.2, -0.15) is 0 Å². The smallest absolute Gasteiger partial charge is 0.178 e. The lowest BCUT2D eigenvalue weighted by Crippen LogP contribution is -2.24. The van der Waals surface area contributed by atoms with Crippen molar-refractivity contribution in [3.63, 3.8) is 0 Å². The molecule has 1 aromatic heterocycles. The van der Waals surface area contributed by atoms with Gasteiger partial charge in [-0.25, -0.2) is 0 Å². The number of aryl methyl sites for hydroxylation is 1. The van der Waals surface area contributed by atoms with Crippen LogP contribution < -0.4 is 4.74 Å². The van der Waals surface area contributed by atoms with Crippen molar-refractivity contribution in [1.82, 2.24) is 0 Å². The first-order valence-electron chi connectivity index (χ1n) is 12.9. The first-order valence-corrected chi connectivity index (χ1v) is 12.9. The molecule has 2 nitrogen and oxygen atoms in total. The maximum Gasteiger partial charge on any atom is 0.178 e. The Morgan fingerprint density at radius 3 is 2.35 bits per heavy atom. The fourth-order valence-corrected chi connectivity index (χ4v) is 6.07. The molecular weight excluding hydrogens is 452 g/mol. The van der Waals surface area contributed by atoms with E-state index >= 15 is 0 Å². The molecule has 7 rings (SSSR count). The molecule has 0 N–H and O–H groups in total. The molecule has 0 spiro atoms. The minimum absolute atomic E-state index is 0.222. The van der Waals surface area contributed by atoms with Crippen LogP contribution in [0, 0.1) is 6.92 Å². The number of hydrogen-bond donors (Lipinski definition) is 0. The minimum atomic E-state index is -0.222. The van der Waals surface area contributed by atoms with Crippen LogP contribution in [0.2, 0.25) is 0 Å². The molecular formula is C35H28O2. The van der Waals surface area contributed by atoms with Crippen LogP contribution in [-0.4, -0.2) is 0 Å². The molecule has 5 aromatic carbocycles. The van der Waals surface area contributed by atoms with Gasteiger partial charge < -0.3 is 9.15 Å². The van der Waals surface area contributed by atoms with E-state index in [4.69, 9.17) is 9.15 Å². The van der Waals surface area contributed by atoms with E-state index in [1.54, 1.807) is 0 Å². The van der Waals surface area contributed by atoms with Crippen molar-refractivity contribution in [2.45, 2.75) is 33.1 Å². The van der Waals surface area contributed by atoms with E-state index in [1.165, 1.54) is 33.0 Å². The Hall–Kier alpha value is -4.30. The monoisotopic (exact) mass is 480 g/mol. The Bertz CT molecular complexity index is 1900. The van der Waals surface area contributed by atoms with Gasteiger partial charge in [-0.05, 0) is 71.1 Å². The third-order valence-corrected chi connectivity index (χ3v) is 8.04. The SMILES string of the molecule is C/C=C\c1c(-c2ccc3c(c2)Oc2c(ccc4c2oc2ccccc24)C3(C)C)cc2ccccc2c1C. The molecule has 0 aliphatic carbocycles. The number of benzene rings is 5. The minimum Gasteiger partial charge on any atom is -0.453 e. The van der Waals surface area contributed by atoms with Crippen molar-refractivity contribution in [1.29, 1.82) is 0 Å². The van der Waals surface area contributed by atoms with Crippen molar-refractivity contribution in [2.24, 2.45) is 0 Å². The number of para-hydroxylation sites is 1. The van der Waals surface area contributed by atoms with Crippen LogP contribution >= 0.6 is 0 Å². The van der Waals surface area contributed by atoms with E-state index in [9.17, 15) is 0 Å². The van der Waals surface area contributed by atoms with Crippen LogP contribution in [0.25, 0.3) is 49.9 Å². The van der Waals surface area contributed by atoms with Gasteiger partial charge in [-0.3, -0.25) is 0 Å². The van der Waals surface area contributed by atoms with E-state index in [0.717, 1.165) is 44.6 Å². The second-order valence-corrected chi connectivity index (χ2v) is 10.5.